The lowest BCUT2D eigenvalue weighted by molar-refractivity contribution is 0.0671. The highest BCUT2D eigenvalue weighted by Crippen LogP contribution is 2.25. The number of benzene rings is 1. The summed E-state index contributed by atoms with van der Waals surface area (Å²) in [5, 5.41) is 9.33. The van der Waals surface area contributed by atoms with Crippen molar-refractivity contribution < 1.29 is 14.3 Å². The van der Waals surface area contributed by atoms with Gasteiger partial charge in [0.05, 0.1) is 12.1 Å². The molecule has 3 N–H and O–H groups in total. The summed E-state index contributed by atoms with van der Waals surface area (Å²) < 4.78 is 12.9. The predicted octanol–water partition coefficient (Wildman–Crippen LogP) is 2.99. The van der Waals surface area contributed by atoms with Gasteiger partial charge in [0.2, 0.25) is 0 Å². The summed E-state index contributed by atoms with van der Waals surface area (Å²) in [5.41, 5.74) is 6.26. The highest BCUT2D eigenvalue weighted by Gasteiger charge is 2.34. The van der Waals surface area contributed by atoms with Gasteiger partial charge in [-0.2, -0.15) is 0 Å². The maximum atomic E-state index is 12.9. The SMILES string of the molecule is C[C@@H]([C@H](N)c1ccc(F)cc1)N(C(=O)O)C(C)(C)C. The standard InChI is InChI=1S/C14H21FN2O2/c1-9(17(13(18)19)14(2,3)4)12(16)10-5-7-11(15)8-6-10/h5-9,12H,16H2,1-4H3,(H,18,19)/t9-,12-/m0/s1. The Bertz CT molecular complexity index is 440. The third-order valence-electron chi connectivity index (χ3n) is 3.11. The van der Waals surface area contributed by atoms with Gasteiger partial charge >= 0.3 is 6.09 Å². The normalized spacial score (nSPS) is 14.8. The van der Waals surface area contributed by atoms with Crippen molar-refractivity contribution in [2.24, 2.45) is 5.73 Å². The average molecular weight is 268 g/mol. The Morgan fingerprint density at radius 3 is 2.16 bits per heavy atom. The molecule has 0 aliphatic rings. The third-order valence-corrected chi connectivity index (χ3v) is 3.11. The summed E-state index contributed by atoms with van der Waals surface area (Å²) >= 11 is 0. The summed E-state index contributed by atoms with van der Waals surface area (Å²) in [6, 6.07) is 4.89. The van der Waals surface area contributed by atoms with Crippen molar-refractivity contribution in [1.82, 2.24) is 4.90 Å². The smallest absolute Gasteiger partial charge is 0.408 e. The van der Waals surface area contributed by atoms with Crippen molar-refractivity contribution in [1.29, 1.82) is 0 Å². The van der Waals surface area contributed by atoms with E-state index in [4.69, 9.17) is 5.73 Å². The fourth-order valence-electron chi connectivity index (χ4n) is 2.20. The van der Waals surface area contributed by atoms with Crippen molar-refractivity contribution in [3.63, 3.8) is 0 Å². The van der Waals surface area contributed by atoms with E-state index >= 15 is 0 Å². The van der Waals surface area contributed by atoms with Crippen LogP contribution >= 0.6 is 0 Å². The van der Waals surface area contributed by atoms with E-state index in [-0.39, 0.29) is 5.82 Å². The largest absolute Gasteiger partial charge is 0.465 e. The first-order valence-electron chi connectivity index (χ1n) is 6.18. The molecule has 0 saturated carbocycles. The molecular weight excluding hydrogens is 247 g/mol. The molecule has 0 radical (unpaired) electrons. The lowest BCUT2D eigenvalue weighted by Crippen LogP contribution is -2.53. The molecule has 1 amide bonds. The zero-order valence-electron chi connectivity index (χ0n) is 11.7. The Morgan fingerprint density at radius 2 is 1.79 bits per heavy atom. The van der Waals surface area contributed by atoms with E-state index in [0.29, 0.717) is 5.56 Å². The van der Waals surface area contributed by atoms with Gasteiger partial charge in [-0.15, -0.1) is 0 Å². The minimum atomic E-state index is -1.02. The second-order valence-electron chi connectivity index (χ2n) is 5.64. The summed E-state index contributed by atoms with van der Waals surface area (Å²) in [6.07, 6.45) is -1.02. The number of hydrogen-bond donors (Lipinski definition) is 2. The van der Waals surface area contributed by atoms with Gasteiger partial charge in [-0.1, -0.05) is 12.1 Å². The highest BCUT2D eigenvalue weighted by atomic mass is 19.1. The van der Waals surface area contributed by atoms with Gasteiger partial charge in [-0.05, 0) is 45.4 Å². The first-order valence-corrected chi connectivity index (χ1v) is 6.18. The number of amides is 1. The lowest BCUT2D eigenvalue weighted by Gasteiger charge is -2.40. The van der Waals surface area contributed by atoms with Crippen LogP contribution in [-0.2, 0) is 0 Å². The number of carbonyl (C=O) groups is 1. The van der Waals surface area contributed by atoms with Crippen molar-refractivity contribution in [2.45, 2.75) is 45.3 Å². The molecule has 0 aliphatic carbocycles. The van der Waals surface area contributed by atoms with Gasteiger partial charge in [0, 0.05) is 5.54 Å². The molecule has 0 fully saturated rings. The minimum absolute atomic E-state index is 0.338. The van der Waals surface area contributed by atoms with Crippen LogP contribution in [0.5, 0.6) is 0 Å². The topological polar surface area (TPSA) is 66.6 Å². The second kappa shape index (κ2) is 5.57. The molecule has 0 spiro atoms. The molecule has 0 saturated heterocycles. The highest BCUT2D eigenvalue weighted by molar-refractivity contribution is 5.66. The van der Waals surface area contributed by atoms with E-state index < -0.39 is 23.7 Å². The van der Waals surface area contributed by atoms with E-state index in [1.165, 1.54) is 17.0 Å². The Balaban J connectivity index is 3.00. The van der Waals surface area contributed by atoms with Gasteiger partial charge in [0.15, 0.2) is 0 Å². The minimum Gasteiger partial charge on any atom is -0.465 e. The third kappa shape index (κ3) is 3.67. The number of nitrogens with zero attached hydrogens (tertiary/aromatic N) is 1. The Morgan fingerprint density at radius 1 is 1.32 bits per heavy atom. The Hall–Kier alpha value is -1.62. The maximum Gasteiger partial charge on any atom is 0.408 e. The molecule has 1 aromatic rings. The Labute approximate surface area is 113 Å². The van der Waals surface area contributed by atoms with Crippen molar-refractivity contribution in [2.75, 3.05) is 0 Å². The van der Waals surface area contributed by atoms with E-state index in [2.05, 4.69) is 0 Å². The van der Waals surface area contributed by atoms with Crippen LogP contribution in [0.15, 0.2) is 24.3 Å². The number of nitrogens with two attached hydrogens (primary N) is 1. The van der Waals surface area contributed by atoms with Crippen molar-refractivity contribution in [3.05, 3.63) is 35.6 Å². The second-order valence-corrected chi connectivity index (χ2v) is 5.64. The van der Waals surface area contributed by atoms with Crippen LogP contribution in [0.1, 0.15) is 39.3 Å². The fraction of sp³-hybridized carbons (Fsp3) is 0.500. The molecule has 2 atom stereocenters. The fourth-order valence-corrected chi connectivity index (χ4v) is 2.20. The summed E-state index contributed by atoms with van der Waals surface area (Å²) in [7, 11) is 0. The number of rotatable bonds is 3. The van der Waals surface area contributed by atoms with Crippen LogP contribution < -0.4 is 5.73 Å². The molecule has 0 unspecified atom stereocenters. The zero-order valence-corrected chi connectivity index (χ0v) is 11.7. The van der Waals surface area contributed by atoms with Gasteiger partial charge < -0.3 is 10.8 Å². The maximum absolute atomic E-state index is 12.9. The first-order chi connectivity index (χ1) is 8.64. The molecule has 0 bridgehead atoms. The van der Waals surface area contributed by atoms with E-state index in [0.717, 1.165) is 0 Å². The molecule has 0 aromatic heterocycles. The molecule has 1 aromatic carbocycles. The van der Waals surface area contributed by atoms with E-state index in [9.17, 15) is 14.3 Å². The van der Waals surface area contributed by atoms with Crippen LogP contribution in [0.3, 0.4) is 0 Å². The molecular formula is C14H21FN2O2. The quantitative estimate of drug-likeness (QED) is 0.885. The van der Waals surface area contributed by atoms with Gasteiger partial charge in [-0.25, -0.2) is 9.18 Å². The lowest BCUT2D eigenvalue weighted by atomic mass is 9.96. The van der Waals surface area contributed by atoms with Crippen LogP contribution in [0.25, 0.3) is 0 Å². The van der Waals surface area contributed by atoms with Crippen molar-refractivity contribution >= 4 is 6.09 Å². The van der Waals surface area contributed by atoms with Crippen LogP contribution in [-0.4, -0.2) is 27.7 Å². The van der Waals surface area contributed by atoms with Gasteiger partial charge in [0.1, 0.15) is 5.82 Å². The summed E-state index contributed by atoms with van der Waals surface area (Å²) in [4.78, 5) is 12.7. The monoisotopic (exact) mass is 268 g/mol. The van der Waals surface area contributed by atoms with Crippen molar-refractivity contribution in [3.8, 4) is 0 Å². The molecule has 106 valence electrons. The van der Waals surface area contributed by atoms with Crippen LogP contribution in [0.4, 0.5) is 9.18 Å². The number of hydrogen-bond acceptors (Lipinski definition) is 2. The van der Waals surface area contributed by atoms with E-state index in [1.807, 2.05) is 20.8 Å². The first kappa shape index (κ1) is 15.4. The van der Waals surface area contributed by atoms with Crippen LogP contribution in [0, 0.1) is 5.82 Å². The molecule has 0 heterocycles. The van der Waals surface area contributed by atoms with Gasteiger partial charge in [-0.3, -0.25) is 4.90 Å². The molecule has 4 nitrogen and oxygen atoms in total. The summed E-state index contributed by atoms with van der Waals surface area (Å²) in [6.45, 7) is 7.20. The average Bonchev–Trinajstić information content (AvgIpc) is 2.26. The molecule has 19 heavy (non-hydrogen) atoms. The Kier molecular flexibility index (Phi) is 4.52. The number of halogens is 1. The number of carboxylic acid groups (broad SMARTS) is 1. The zero-order chi connectivity index (χ0) is 14.8. The predicted molar refractivity (Wildman–Crippen MR) is 72.4 cm³/mol. The molecule has 0 aliphatic heterocycles. The van der Waals surface area contributed by atoms with Crippen LogP contribution in [0.2, 0.25) is 0 Å². The summed E-state index contributed by atoms with van der Waals surface area (Å²) in [5.74, 6) is -0.338. The van der Waals surface area contributed by atoms with E-state index in [1.54, 1.807) is 19.1 Å². The molecule has 5 heteroatoms. The van der Waals surface area contributed by atoms with Gasteiger partial charge in [0.25, 0.3) is 0 Å². The molecule has 1 rings (SSSR count).